The predicted octanol–water partition coefficient (Wildman–Crippen LogP) is 2.45. The van der Waals surface area contributed by atoms with Crippen LogP contribution in [0.1, 0.15) is 13.8 Å². The van der Waals surface area contributed by atoms with Crippen LogP contribution in [0.3, 0.4) is 0 Å². The van der Waals surface area contributed by atoms with E-state index in [0.29, 0.717) is 13.1 Å². The number of sulfonamides is 1. The Labute approximate surface area is 121 Å². The van der Waals surface area contributed by atoms with Crippen molar-refractivity contribution in [3.63, 3.8) is 0 Å². The van der Waals surface area contributed by atoms with Gasteiger partial charge in [-0.25, -0.2) is 12.8 Å². The van der Waals surface area contributed by atoms with Crippen molar-refractivity contribution in [3.05, 3.63) is 22.4 Å². The van der Waals surface area contributed by atoms with Gasteiger partial charge < -0.3 is 5.73 Å². The normalized spacial score (nSPS) is 24.8. The lowest BCUT2D eigenvalue weighted by Crippen LogP contribution is -2.30. The number of nitrogens with zero attached hydrogens (tertiary/aromatic N) is 1. The van der Waals surface area contributed by atoms with Gasteiger partial charge in [-0.2, -0.15) is 4.31 Å². The average molecular weight is 351 g/mol. The Balaban J connectivity index is 2.46. The maximum atomic E-state index is 14.0. The van der Waals surface area contributed by atoms with Gasteiger partial charge in [0.25, 0.3) is 0 Å². The zero-order valence-corrected chi connectivity index (χ0v) is 13.1. The van der Waals surface area contributed by atoms with Gasteiger partial charge in [-0.05, 0) is 39.9 Å². The first kappa shape index (κ1) is 14.7. The van der Waals surface area contributed by atoms with Crippen LogP contribution >= 0.6 is 15.9 Å². The van der Waals surface area contributed by atoms with E-state index in [2.05, 4.69) is 15.9 Å². The molecule has 1 aliphatic rings. The van der Waals surface area contributed by atoms with E-state index in [4.69, 9.17) is 5.73 Å². The minimum Gasteiger partial charge on any atom is -0.399 e. The summed E-state index contributed by atoms with van der Waals surface area (Å²) in [6.07, 6.45) is 0. The first-order chi connectivity index (χ1) is 8.73. The van der Waals surface area contributed by atoms with Crippen molar-refractivity contribution in [1.82, 2.24) is 4.31 Å². The molecule has 1 fully saturated rings. The van der Waals surface area contributed by atoms with Gasteiger partial charge in [0, 0.05) is 18.8 Å². The van der Waals surface area contributed by atoms with Gasteiger partial charge in [0.2, 0.25) is 10.0 Å². The fraction of sp³-hybridized carbons (Fsp3) is 0.500. The molecule has 0 aliphatic carbocycles. The van der Waals surface area contributed by atoms with Crippen LogP contribution in [0.25, 0.3) is 0 Å². The van der Waals surface area contributed by atoms with E-state index < -0.39 is 15.8 Å². The molecule has 2 unspecified atom stereocenters. The molecule has 1 aromatic carbocycles. The molecule has 2 atom stereocenters. The smallest absolute Gasteiger partial charge is 0.246 e. The van der Waals surface area contributed by atoms with Gasteiger partial charge in [-0.15, -0.1) is 0 Å². The van der Waals surface area contributed by atoms with Crippen molar-refractivity contribution in [2.45, 2.75) is 18.7 Å². The highest BCUT2D eigenvalue weighted by molar-refractivity contribution is 9.10. The maximum Gasteiger partial charge on any atom is 0.246 e. The molecule has 0 amide bonds. The predicted molar refractivity (Wildman–Crippen MR) is 75.6 cm³/mol. The Bertz CT molecular complexity index is 596. The molecule has 7 heteroatoms. The maximum absolute atomic E-state index is 14.0. The number of hydrogen-bond acceptors (Lipinski definition) is 3. The molecule has 0 saturated carbocycles. The molecular weight excluding hydrogens is 335 g/mol. The van der Waals surface area contributed by atoms with Gasteiger partial charge in [-0.1, -0.05) is 13.8 Å². The lowest BCUT2D eigenvalue weighted by atomic mass is 10.0. The van der Waals surface area contributed by atoms with Crippen LogP contribution in [0.5, 0.6) is 0 Å². The summed E-state index contributed by atoms with van der Waals surface area (Å²) in [5.74, 6) is -0.258. The third-order valence-electron chi connectivity index (χ3n) is 3.59. The topological polar surface area (TPSA) is 63.4 Å². The van der Waals surface area contributed by atoms with Crippen LogP contribution in [0.2, 0.25) is 0 Å². The third kappa shape index (κ3) is 2.64. The highest BCUT2D eigenvalue weighted by Crippen LogP contribution is 2.32. The van der Waals surface area contributed by atoms with E-state index in [9.17, 15) is 12.8 Å². The Morgan fingerprint density at radius 3 is 2.37 bits per heavy atom. The zero-order valence-electron chi connectivity index (χ0n) is 10.7. The SMILES string of the molecule is CC1CN(S(=O)(=O)c2cc(N)cc(Br)c2F)CC1C. The van der Waals surface area contributed by atoms with E-state index in [1.54, 1.807) is 0 Å². The second-order valence-corrected chi connectivity index (χ2v) is 7.85. The van der Waals surface area contributed by atoms with Gasteiger partial charge in [0.15, 0.2) is 5.82 Å². The van der Waals surface area contributed by atoms with E-state index in [1.807, 2.05) is 13.8 Å². The van der Waals surface area contributed by atoms with Crippen molar-refractivity contribution in [2.75, 3.05) is 18.8 Å². The number of anilines is 1. The van der Waals surface area contributed by atoms with Crippen molar-refractivity contribution in [3.8, 4) is 0 Å². The molecular formula is C12H16BrFN2O2S. The van der Waals surface area contributed by atoms with E-state index in [1.165, 1.54) is 16.4 Å². The molecule has 2 rings (SSSR count). The summed E-state index contributed by atoms with van der Waals surface area (Å²) in [6.45, 7) is 4.81. The van der Waals surface area contributed by atoms with Gasteiger partial charge in [-0.3, -0.25) is 0 Å². The van der Waals surface area contributed by atoms with Crippen LogP contribution in [-0.2, 0) is 10.0 Å². The number of rotatable bonds is 2. The molecule has 19 heavy (non-hydrogen) atoms. The lowest BCUT2D eigenvalue weighted by Gasteiger charge is -2.17. The standard InChI is InChI=1S/C12H16BrFN2O2S/c1-7-5-16(6-8(7)2)19(17,18)11-4-9(15)3-10(13)12(11)14/h3-4,7-8H,5-6,15H2,1-2H3. The average Bonchev–Trinajstić information content (AvgIpc) is 2.65. The third-order valence-corrected chi connectivity index (χ3v) is 6.00. The molecule has 106 valence electrons. The van der Waals surface area contributed by atoms with Crippen LogP contribution in [0.15, 0.2) is 21.5 Å². The van der Waals surface area contributed by atoms with E-state index >= 15 is 0 Å². The highest BCUT2D eigenvalue weighted by Gasteiger charge is 2.36. The molecule has 0 radical (unpaired) electrons. The fourth-order valence-corrected chi connectivity index (χ4v) is 4.56. The van der Waals surface area contributed by atoms with Crippen LogP contribution in [0.4, 0.5) is 10.1 Å². The number of nitrogen functional groups attached to an aromatic ring is 1. The largest absolute Gasteiger partial charge is 0.399 e. The molecule has 1 aliphatic heterocycles. The van der Waals surface area contributed by atoms with Crippen molar-refractivity contribution >= 4 is 31.6 Å². The first-order valence-corrected chi connectivity index (χ1v) is 8.21. The van der Waals surface area contributed by atoms with Crippen LogP contribution < -0.4 is 5.73 Å². The summed E-state index contributed by atoms with van der Waals surface area (Å²) >= 11 is 2.98. The van der Waals surface area contributed by atoms with E-state index in [-0.39, 0.29) is 26.9 Å². The van der Waals surface area contributed by atoms with Crippen molar-refractivity contribution in [1.29, 1.82) is 0 Å². The number of hydrogen-bond donors (Lipinski definition) is 1. The molecule has 1 aromatic rings. The van der Waals surface area contributed by atoms with Crippen LogP contribution in [-0.4, -0.2) is 25.8 Å². The second-order valence-electron chi connectivity index (χ2n) is 5.09. The summed E-state index contributed by atoms with van der Waals surface area (Å²) in [7, 11) is -3.83. The molecule has 1 heterocycles. The number of benzene rings is 1. The first-order valence-electron chi connectivity index (χ1n) is 5.98. The summed E-state index contributed by atoms with van der Waals surface area (Å²) in [5, 5.41) is 0. The Morgan fingerprint density at radius 2 is 1.84 bits per heavy atom. The quantitative estimate of drug-likeness (QED) is 0.833. The Kier molecular flexibility index (Phi) is 3.90. The summed E-state index contributed by atoms with van der Waals surface area (Å²) in [6, 6.07) is 2.52. The molecule has 4 nitrogen and oxygen atoms in total. The molecule has 1 saturated heterocycles. The summed E-state index contributed by atoms with van der Waals surface area (Å²) in [4.78, 5) is -0.360. The van der Waals surface area contributed by atoms with E-state index in [0.717, 1.165) is 0 Å². The molecule has 2 N–H and O–H groups in total. The fourth-order valence-electron chi connectivity index (χ4n) is 2.18. The molecule has 0 spiro atoms. The number of nitrogens with two attached hydrogens (primary N) is 1. The molecule has 0 bridgehead atoms. The minimum absolute atomic E-state index is 0.0615. The monoisotopic (exact) mass is 350 g/mol. The minimum atomic E-state index is -3.83. The van der Waals surface area contributed by atoms with Gasteiger partial charge in [0.05, 0.1) is 4.47 Å². The van der Waals surface area contributed by atoms with Crippen molar-refractivity contribution in [2.24, 2.45) is 11.8 Å². The Morgan fingerprint density at radius 1 is 1.32 bits per heavy atom. The summed E-state index contributed by atoms with van der Waals surface area (Å²) in [5.41, 5.74) is 5.81. The highest BCUT2D eigenvalue weighted by atomic mass is 79.9. The zero-order chi connectivity index (χ0) is 14.4. The number of halogens is 2. The van der Waals surface area contributed by atoms with Gasteiger partial charge >= 0.3 is 0 Å². The molecule has 0 aromatic heterocycles. The Hall–Kier alpha value is -0.660. The van der Waals surface area contributed by atoms with Gasteiger partial charge in [0.1, 0.15) is 4.90 Å². The lowest BCUT2D eigenvalue weighted by molar-refractivity contribution is 0.456. The second kappa shape index (κ2) is 5.03. The van der Waals surface area contributed by atoms with Crippen molar-refractivity contribution < 1.29 is 12.8 Å². The van der Waals surface area contributed by atoms with Crippen LogP contribution in [0, 0.1) is 17.7 Å². The summed E-state index contributed by atoms with van der Waals surface area (Å²) < 4.78 is 40.3.